The standard InChI is InChI=1S/C12H12BrClN4/c1-2-15-12-16-7-10(13)11(18-12)17-9-5-3-8(14)4-6-9/h3-7H,2H2,1H3,(H2,15,16,17,18). The summed E-state index contributed by atoms with van der Waals surface area (Å²) in [5.41, 5.74) is 0.918. The van der Waals surface area contributed by atoms with Crippen molar-refractivity contribution in [2.45, 2.75) is 6.92 Å². The summed E-state index contributed by atoms with van der Waals surface area (Å²) in [5.74, 6) is 1.31. The molecule has 0 saturated carbocycles. The number of anilines is 3. The lowest BCUT2D eigenvalue weighted by molar-refractivity contribution is 1.08. The number of hydrogen-bond acceptors (Lipinski definition) is 4. The summed E-state index contributed by atoms with van der Waals surface area (Å²) < 4.78 is 0.805. The Labute approximate surface area is 119 Å². The fourth-order valence-electron chi connectivity index (χ4n) is 1.37. The molecule has 0 unspecified atom stereocenters. The lowest BCUT2D eigenvalue weighted by Gasteiger charge is -2.09. The van der Waals surface area contributed by atoms with Crippen LogP contribution in [0.25, 0.3) is 0 Å². The number of benzene rings is 1. The van der Waals surface area contributed by atoms with E-state index in [2.05, 4.69) is 36.5 Å². The molecule has 2 rings (SSSR count). The number of aromatic nitrogens is 2. The van der Waals surface area contributed by atoms with E-state index in [0.29, 0.717) is 16.8 Å². The summed E-state index contributed by atoms with van der Waals surface area (Å²) in [6.45, 7) is 2.78. The van der Waals surface area contributed by atoms with Crippen molar-refractivity contribution in [3.63, 3.8) is 0 Å². The highest BCUT2D eigenvalue weighted by Crippen LogP contribution is 2.24. The molecule has 18 heavy (non-hydrogen) atoms. The fourth-order valence-corrected chi connectivity index (χ4v) is 1.78. The number of rotatable bonds is 4. The Kier molecular flexibility index (Phi) is 4.38. The third kappa shape index (κ3) is 3.34. The van der Waals surface area contributed by atoms with Crippen LogP contribution in [0.15, 0.2) is 34.9 Å². The van der Waals surface area contributed by atoms with E-state index in [-0.39, 0.29) is 0 Å². The second kappa shape index (κ2) is 6.02. The summed E-state index contributed by atoms with van der Waals surface area (Å²) in [6.07, 6.45) is 1.71. The summed E-state index contributed by atoms with van der Waals surface area (Å²) in [6, 6.07) is 7.43. The fraction of sp³-hybridized carbons (Fsp3) is 0.167. The van der Waals surface area contributed by atoms with Crippen LogP contribution >= 0.6 is 27.5 Å². The second-order valence-corrected chi connectivity index (χ2v) is 4.84. The topological polar surface area (TPSA) is 49.8 Å². The molecule has 0 aliphatic heterocycles. The molecule has 4 nitrogen and oxygen atoms in total. The SMILES string of the molecule is CCNc1ncc(Br)c(Nc2ccc(Cl)cc2)n1. The Bertz CT molecular complexity index is 530. The van der Waals surface area contributed by atoms with Crippen LogP contribution in [-0.4, -0.2) is 16.5 Å². The molecule has 0 radical (unpaired) electrons. The zero-order valence-electron chi connectivity index (χ0n) is 9.74. The van der Waals surface area contributed by atoms with Gasteiger partial charge in [0.15, 0.2) is 0 Å². The molecule has 0 bridgehead atoms. The molecule has 1 aromatic heterocycles. The zero-order valence-corrected chi connectivity index (χ0v) is 12.1. The summed E-state index contributed by atoms with van der Waals surface area (Å²) >= 11 is 9.25. The minimum absolute atomic E-state index is 0.595. The molecule has 1 heterocycles. The molecule has 0 atom stereocenters. The van der Waals surface area contributed by atoms with E-state index in [1.807, 2.05) is 31.2 Å². The average Bonchev–Trinajstić information content (AvgIpc) is 2.36. The third-order valence-electron chi connectivity index (χ3n) is 2.19. The molecule has 94 valence electrons. The number of halogens is 2. The second-order valence-electron chi connectivity index (χ2n) is 3.55. The Hall–Kier alpha value is -1.33. The quantitative estimate of drug-likeness (QED) is 0.889. The first kappa shape index (κ1) is 13.1. The van der Waals surface area contributed by atoms with Crippen LogP contribution in [0, 0.1) is 0 Å². The van der Waals surface area contributed by atoms with Crippen LogP contribution in [0.4, 0.5) is 17.5 Å². The zero-order chi connectivity index (χ0) is 13.0. The Morgan fingerprint density at radius 2 is 2.00 bits per heavy atom. The molecule has 0 aliphatic rings. The predicted molar refractivity (Wildman–Crippen MR) is 78.6 cm³/mol. The molecule has 6 heteroatoms. The van der Waals surface area contributed by atoms with Gasteiger partial charge in [-0.25, -0.2) is 4.98 Å². The van der Waals surface area contributed by atoms with Crippen molar-refractivity contribution in [1.82, 2.24) is 9.97 Å². The van der Waals surface area contributed by atoms with E-state index in [1.165, 1.54) is 0 Å². The summed E-state index contributed by atoms with van der Waals surface area (Å²) in [4.78, 5) is 8.52. The molecule has 0 fully saturated rings. The average molecular weight is 328 g/mol. The summed E-state index contributed by atoms with van der Waals surface area (Å²) in [5, 5.41) is 6.97. The van der Waals surface area contributed by atoms with Gasteiger partial charge in [0.05, 0.1) is 4.47 Å². The largest absolute Gasteiger partial charge is 0.354 e. The van der Waals surface area contributed by atoms with Crippen LogP contribution in [-0.2, 0) is 0 Å². The lowest BCUT2D eigenvalue weighted by atomic mass is 10.3. The highest BCUT2D eigenvalue weighted by molar-refractivity contribution is 9.10. The Morgan fingerprint density at radius 3 is 2.67 bits per heavy atom. The molecule has 2 N–H and O–H groups in total. The third-order valence-corrected chi connectivity index (χ3v) is 3.02. The molecule has 2 aromatic rings. The van der Waals surface area contributed by atoms with Gasteiger partial charge in [-0.05, 0) is 47.1 Å². The normalized spacial score (nSPS) is 10.2. The van der Waals surface area contributed by atoms with Crippen molar-refractivity contribution < 1.29 is 0 Å². The highest BCUT2D eigenvalue weighted by atomic mass is 79.9. The van der Waals surface area contributed by atoms with Gasteiger partial charge in [-0.2, -0.15) is 4.98 Å². The first-order chi connectivity index (χ1) is 8.69. The van der Waals surface area contributed by atoms with E-state index in [0.717, 1.165) is 16.7 Å². The summed E-state index contributed by atoms with van der Waals surface area (Å²) in [7, 11) is 0. The maximum absolute atomic E-state index is 5.84. The van der Waals surface area contributed by atoms with Gasteiger partial charge in [-0.3, -0.25) is 0 Å². The van der Waals surface area contributed by atoms with Crippen LogP contribution in [0.3, 0.4) is 0 Å². The van der Waals surface area contributed by atoms with Crippen molar-refractivity contribution in [3.8, 4) is 0 Å². The van der Waals surface area contributed by atoms with Gasteiger partial charge < -0.3 is 10.6 Å². The van der Waals surface area contributed by atoms with Crippen molar-refractivity contribution in [2.24, 2.45) is 0 Å². The smallest absolute Gasteiger partial charge is 0.224 e. The van der Waals surface area contributed by atoms with Crippen molar-refractivity contribution >= 4 is 45.0 Å². The van der Waals surface area contributed by atoms with E-state index in [9.17, 15) is 0 Å². The van der Waals surface area contributed by atoms with Gasteiger partial charge in [0.1, 0.15) is 5.82 Å². The predicted octanol–water partition coefficient (Wildman–Crippen LogP) is 4.07. The molecule has 0 aliphatic carbocycles. The molecule has 0 saturated heterocycles. The van der Waals surface area contributed by atoms with Crippen LogP contribution in [0.2, 0.25) is 5.02 Å². The number of hydrogen-bond donors (Lipinski definition) is 2. The number of nitrogens with one attached hydrogen (secondary N) is 2. The minimum Gasteiger partial charge on any atom is -0.354 e. The van der Waals surface area contributed by atoms with Gasteiger partial charge in [0.2, 0.25) is 5.95 Å². The van der Waals surface area contributed by atoms with Crippen molar-refractivity contribution in [3.05, 3.63) is 40.0 Å². The Balaban J connectivity index is 2.22. The van der Waals surface area contributed by atoms with Crippen molar-refractivity contribution in [2.75, 3.05) is 17.2 Å². The van der Waals surface area contributed by atoms with Gasteiger partial charge in [-0.15, -0.1) is 0 Å². The lowest BCUT2D eigenvalue weighted by Crippen LogP contribution is -2.04. The molecule has 0 spiro atoms. The number of nitrogens with zero attached hydrogens (tertiary/aromatic N) is 2. The minimum atomic E-state index is 0.595. The van der Waals surface area contributed by atoms with E-state index < -0.39 is 0 Å². The van der Waals surface area contributed by atoms with Gasteiger partial charge >= 0.3 is 0 Å². The maximum Gasteiger partial charge on any atom is 0.224 e. The Morgan fingerprint density at radius 1 is 1.28 bits per heavy atom. The van der Waals surface area contributed by atoms with Crippen LogP contribution < -0.4 is 10.6 Å². The highest BCUT2D eigenvalue weighted by Gasteiger charge is 2.05. The van der Waals surface area contributed by atoms with Gasteiger partial charge in [-0.1, -0.05) is 11.6 Å². The molecule has 1 aromatic carbocycles. The van der Waals surface area contributed by atoms with Gasteiger partial charge in [0, 0.05) is 23.5 Å². The van der Waals surface area contributed by atoms with E-state index in [4.69, 9.17) is 11.6 Å². The van der Waals surface area contributed by atoms with Crippen LogP contribution in [0.1, 0.15) is 6.92 Å². The molecular formula is C12H12BrClN4. The van der Waals surface area contributed by atoms with Crippen molar-refractivity contribution in [1.29, 1.82) is 0 Å². The molecular weight excluding hydrogens is 316 g/mol. The van der Waals surface area contributed by atoms with Crippen LogP contribution in [0.5, 0.6) is 0 Å². The van der Waals surface area contributed by atoms with E-state index >= 15 is 0 Å². The first-order valence-corrected chi connectivity index (χ1v) is 6.65. The monoisotopic (exact) mass is 326 g/mol. The van der Waals surface area contributed by atoms with Gasteiger partial charge in [0.25, 0.3) is 0 Å². The molecule has 0 amide bonds. The maximum atomic E-state index is 5.84. The van der Waals surface area contributed by atoms with E-state index in [1.54, 1.807) is 6.20 Å². The first-order valence-electron chi connectivity index (χ1n) is 5.48.